The van der Waals surface area contributed by atoms with Crippen LogP contribution in [0, 0.1) is 0 Å². The van der Waals surface area contributed by atoms with Gasteiger partial charge in [-0.15, -0.1) is 0 Å². The Morgan fingerprint density at radius 3 is 1.44 bits per heavy atom. The fraction of sp³-hybridized carbons (Fsp3) is 0.825. The second kappa shape index (κ2) is 32.8. The Hall–Kier alpha value is -3.55. The van der Waals surface area contributed by atoms with Crippen molar-refractivity contribution in [1.29, 1.82) is 0 Å². The predicted octanol–water partition coefficient (Wildman–Crippen LogP) is 6.46. The van der Waals surface area contributed by atoms with Crippen LogP contribution in [0.2, 0.25) is 0 Å². The van der Waals surface area contributed by atoms with Crippen molar-refractivity contribution in [2.75, 3.05) is 6.54 Å². The summed E-state index contributed by atoms with van der Waals surface area (Å²) in [6.45, 7) is 4.62. The number of nitrogens with one attached hydrogen (secondary N) is 2. The lowest BCUT2D eigenvalue weighted by Gasteiger charge is -2.33. The van der Waals surface area contributed by atoms with E-state index in [9.17, 15) is 48.9 Å². The molecule has 54 heavy (non-hydrogen) atoms. The highest BCUT2D eigenvalue weighted by atomic mass is 16.4. The molecule has 3 atom stereocenters. The number of carbonyl (C=O) groups is 7. The van der Waals surface area contributed by atoms with Gasteiger partial charge in [0, 0.05) is 25.7 Å². The highest BCUT2D eigenvalue weighted by Crippen LogP contribution is 2.19. The van der Waals surface area contributed by atoms with Crippen LogP contribution in [0.4, 0.5) is 0 Å². The molecule has 14 nitrogen and oxygen atoms in total. The lowest BCUT2D eigenvalue weighted by molar-refractivity contribution is -0.156. The number of hydrogen-bond donors (Lipinski definition) is 6. The van der Waals surface area contributed by atoms with Crippen LogP contribution in [-0.2, 0) is 33.6 Å². The number of carbonyl (C=O) groups excluding carboxylic acids is 4. The van der Waals surface area contributed by atoms with Gasteiger partial charge in [-0.25, -0.2) is 4.79 Å². The molecule has 0 heterocycles. The van der Waals surface area contributed by atoms with Gasteiger partial charge in [-0.1, -0.05) is 117 Å². The molecule has 0 unspecified atom stereocenters. The maximum atomic E-state index is 14.3. The number of imide groups is 1. The molecule has 0 saturated heterocycles. The lowest BCUT2D eigenvalue weighted by Crippen LogP contribution is -2.59. The lowest BCUT2D eigenvalue weighted by atomic mass is 10.0. The summed E-state index contributed by atoms with van der Waals surface area (Å²) in [6, 6.07) is -4.59. The number of carboxylic acid groups (broad SMARTS) is 3. The molecule has 0 aliphatic heterocycles. The summed E-state index contributed by atoms with van der Waals surface area (Å²) in [5.41, 5.74) is 5.54. The monoisotopic (exact) mass is 769 g/mol. The smallest absolute Gasteiger partial charge is 0.326 e. The molecule has 0 aromatic carbocycles. The van der Waals surface area contributed by atoms with Crippen molar-refractivity contribution in [2.24, 2.45) is 5.73 Å². The van der Waals surface area contributed by atoms with E-state index >= 15 is 0 Å². The Morgan fingerprint density at radius 1 is 0.519 bits per heavy atom. The zero-order valence-electron chi connectivity index (χ0n) is 33.3. The molecule has 4 amide bonds. The van der Waals surface area contributed by atoms with E-state index in [4.69, 9.17) is 5.73 Å². The summed E-state index contributed by atoms with van der Waals surface area (Å²) >= 11 is 0. The van der Waals surface area contributed by atoms with E-state index in [-0.39, 0.29) is 25.7 Å². The van der Waals surface area contributed by atoms with Gasteiger partial charge in [0.25, 0.3) is 5.91 Å². The second-order valence-electron chi connectivity index (χ2n) is 14.4. The molecule has 0 aromatic rings. The molecule has 0 aliphatic carbocycles. The largest absolute Gasteiger partial charge is 0.481 e. The number of unbranched alkanes of at least 4 members (excludes halogenated alkanes) is 17. The van der Waals surface area contributed by atoms with Crippen LogP contribution >= 0.6 is 0 Å². The molecule has 0 aliphatic rings. The molecule has 312 valence electrons. The van der Waals surface area contributed by atoms with Gasteiger partial charge in [-0.2, -0.15) is 0 Å². The molecule has 0 saturated carbocycles. The first-order valence-corrected chi connectivity index (χ1v) is 20.7. The fourth-order valence-electron chi connectivity index (χ4n) is 6.37. The number of amides is 4. The van der Waals surface area contributed by atoms with Gasteiger partial charge in [0.1, 0.15) is 18.1 Å². The molecular weight excluding hydrogens is 696 g/mol. The van der Waals surface area contributed by atoms with E-state index < -0.39 is 78.9 Å². The maximum absolute atomic E-state index is 14.3. The molecule has 0 rings (SSSR count). The van der Waals surface area contributed by atoms with Crippen molar-refractivity contribution >= 4 is 41.5 Å². The first kappa shape index (κ1) is 50.5. The third kappa shape index (κ3) is 25.5. The summed E-state index contributed by atoms with van der Waals surface area (Å²) in [4.78, 5) is 91.0. The number of hydrogen-bond acceptors (Lipinski definition) is 8. The van der Waals surface area contributed by atoms with E-state index in [0.29, 0.717) is 43.5 Å². The van der Waals surface area contributed by atoms with Gasteiger partial charge in [0.2, 0.25) is 17.7 Å². The third-order valence-electron chi connectivity index (χ3n) is 9.60. The minimum atomic E-state index is -1.71. The van der Waals surface area contributed by atoms with E-state index in [2.05, 4.69) is 24.5 Å². The van der Waals surface area contributed by atoms with Crippen LogP contribution in [0.15, 0.2) is 0 Å². The summed E-state index contributed by atoms with van der Waals surface area (Å²) < 4.78 is 0. The number of carboxylic acids is 3. The maximum Gasteiger partial charge on any atom is 0.326 e. The highest BCUT2D eigenvalue weighted by molar-refractivity contribution is 6.04. The fourth-order valence-corrected chi connectivity index (χ4v) is 6.37. The number of rotatable bonds is 36. The predicted molar refractivity (Wildman–Crippen MR) is 207 cm³/mol. The zero-order chi connectivity index (χ0) is 40.6. The Kier molecular flexibility index (Phi) is 30.7. The number of nitrogens with two attached hydrogens (primary N) is 1. The van der Waals surface area contributed by atoms with Crippen LogP contribution in [-0.4, -0.2) is 86.4 Å². The van der Waals surface area contributed by atoms with Crippen molar-refractivity contribution in [3.8, 4) is 0 Å². The molecule has 0 spiro atoms. The first-order chi connectivity index (χ1) is 25.9. The average molecular weight is 769 g/mol. The first-order valence-electron chi connectivity index (χ1n) is 20.7. The molecule has 14 heteroatoms. The van der Waals surface area contributed by atoms with E-state index in [1.807, 2.05) is 0 Å². The Balaban J connectivity index is 6.17. The van der Waals surface area contributed by atoms with E-state index in [0.717, 1.165) is 57.8 Å². The van der Waals surface area contributed by atoms with Crippen LogP contribution in [0.1, 0.15) is 187 Å². The van der Waals surface area contributed by atoms with Crippen LogP contribution < -0.4 is 16.4 Å². The molecule has 0 radical (unpaired) electrons. The van der Waals surface area contributed by atoms with E-state index in [1.165, 1.54) is 38.5 Å². The van der Waals surface area contributed by atoms with Gasteiger partial charge in [-0.3, -0.25) is 33.7 Å². The minimum Gasteiger partial charge on any atom is -0.481 e. The number of nitrogens with zero attached hydrogens (tertiary/aromatic N) is 1. The van der Waals surface area contributed by atoms with E-state index in [1.54, 1.807) is 0 Å². The summed E-state index contributed by atoms with van der Waals surface area (Å²) in [7, 11) is 0. The van der Waals surface area contributed by atoms with Gasteiger partial charge >= 0.3 is 17.9 Å². The van der Waals surface area contributed by atoms with Gasteiger partial charge in [-0.05, 0) is 51.5 Å². The SMILES string of the molecule is CCCCCCCCCCCC(=O)N[C@@H](CCC(=O)O)C(=O)N(C(=O)CCCCCCCCCCC)[C@@H](CCC(=O)O)C(=O)N[C@@H](CCCCN)C(=O)O. The molecule has 0 bridgehead atoms. The van der Waals surface area contributed by atoms with Crippen molar-refractivity contribution in [3.05, 3.63) is 0 Å². The number of aliphatic carboxylic acids is 3. The summed E-state index contributed by atoms with van der Waals surface area (Å²) in [5, 5.41) is 33.7. The van der Waals surface area contributed by atoms with Crippen LogP contribution in [0.3, 0.4) is 0 Å². The standard InChI is InChI=1S/C40H72N4O10/c1-3-5-7-9-11-13-15-17-19-24-34(45)42-31(26-28-36(47)48)39(52)44(35(46)25-20-18-16-14-12-10-8-6-4-2)33(27-29-37(49)50)38(51)43-32(40(53)54)23-21-22-30-41/h31-33H,3-30,41H2,1-2H3,(H,42,45)(H,43,51)(H,47,48)(H,49,50)(H,53,54)/t31-,32-,33-/m0/s1. The van der Waals surface area contributed by atoms with Crippen molar-refractivity contribution < 1.29 is 48.9 Å². The average Bonchev–Trinajstić information content (AvgIpc) is 3.12. The quantitative estimate of drug-likeness (QED) is 0.0378. The van der Waals surface area contributed by atoms with Gasteiger partial charge < -0.3 is 31.7 Å². The topological polar surface area (TPSA) is 233 Å². The highest BCUT2D eigenvalue weighted by Gasteiger charge is 2.39. The second-order valence-corrected chi connectivity index (χ2v) is 14.4. The summed E-state index contributed by atoms with van der Waals surface area (Å²) in [6.07, 6.45) is 16.6. The normalized spacial score (nSPS) is 12.7. The molecule has 7 N–H and O–H groups in total. The van der Waals surface area contributed by atoms with Crippen molar-refractivity contribution in [2.45, 2.75) is 205 Å². The Bertz CT molecular complexity index is 1100. The molecule has 0 fully saturated rings. The molecule has 0 aromatic heterocycles. The van der Waals surface area contributed by atoms with Gasteiger partial charge in [0.05, 0.1) is 0 Å². The molecular formula is C40H72N4O10. The van der Waals surface area contributed by atoms with Crippen LogP contribution in [0.5, 0.6) is 0 Å². The third-order valence-corrected chi connectivity index (χ3v) is 9.60. The Labute approximate surface area is 323 Å². The van der Waals surface area contributed by atoms with Crippen LogP contribution in [0.25, 0.3) is 0 Å². The van der Waals surface area contributed by atoms with Gasteiger partial charge in [0.15, 0.2) is 0 Å². The summed E-state index contributed by atoms with van der Waals surface area (Å²) in [5.74, 6) is -7.24. The van der Waals surface area contributed by atoms with Crippen molar-refractivity contribution in [3.63, 3.8) is 0 Å². The van der Waals surface area contributed by atoms with Crippen molar-refractivity contribution in [1.82, 2.24) is 15.5 Å². The Morgan fingerprint density at radius 2 is 0.981 bits per heavy atom. The minimum absolute atomic E-state index is 0.0143. The zero-order valence-corrected chi connectivity index (χ0v) is 33.3.